The van der Waals surface area contributed by atoms with Crippen molar-refractivity contribution in [1.82, 2.24) is 4.57 Å². The molecular weight excluding hydrogens is 234 g/mol. The minimum absolute atomic E-state index is 0.0150. The highest BCUT2D eigenvalue weighted by Crippen LogP contribution is 2.36. The number of fused-ring (bicyclic) bond motifs is 1. The standard InChI is InChI=1S/C17H17NO/c1-17(2)11-13-7-3-4-8-14(13)15(12-17)18-10-6-5-9-16(18)19/h3-10,12H,11H2,1-2H3. The first-order chi connectivity index (χ1) is 9.07. The minimum atomic E-state index is 0.0150. The van der Waals surface area contributed by atoms with E-state index in [-0.39, 0.29) is 11.0 Å². The van der Waals surface area contributed by atoms with Gasteiger partial charge in [-0.05, 0) is 23.5 Å². The number of pyridine rings is 1. The fourth-order valence-electron chi connectivity index (χ4n) is 2.74. The first-order valence-corrected chi connectivity index (χ1v) is 6.56. The third kappa shape index (κ3) is 2.14. The third-order valence-corrected chi connectivity index (χ3v) is 3.55. The van der Waals surface area contributed by atoms with E-state index >= 15 is 0 Å². The summed E-state index contributed by atoms with van der Waals surface area (Å²) in [6, 6.07) is 13.6. The molecule has 0 N–H and O–H groups in total. The second-order valence-electron chi connectivity index (χ2n) is 5.76. The quantitative estimate of drug-likeness (QED) is 0.762. The summed E-state index contributed by atoms with van der Waals surface area (Å²) in [6.07, 6.45) is 5.05. The molecule has 1 aromatic carbocycles. The molecule has 3 rings (SSSR count). The fourth-order valence-corrected chi connectivity index (χ4v) is 2.74. The third-order valence-electron chi connectivity index (χ3n) is 3.55. The van der Waals surface area contributed by atoms with Crippen molar-refractivity contribution in [3.8, 4) is 0 Å². The van der Waals surface area contributed by atoms with Gasteiger partial charge in [0.15, 0.2) is 0 Å². The first-order valence-electron chi connectivity index (χ1n) is 6.56. The van der Waals surface area contributed by atoms with E-state index in [0.717, 1.165) is 17.7 Å². The molecule has 0 unspecified atom stereocenters. The average molecular weight is 251 g/mol. The Labute approximate surface area is 113 Å². The number of benzene rings is 1. The van der Waals surface area contributed by atoms with Crippen molar-refractivity contribution >= 4 is 5.70 Å². The molecule has 0 radical (unpaired) electrons. The summed E-state index contributed by atoms with van der Waals surface area (Å²) in [4.78, 5) is 12.1. The number of aromatic nitrogens is 1. The van der Waals surface area contributed by atoms with Crippen molar-refractivity contribution < 1.29 is 0 Å². The van der Waals surface area contributed by atoms with Crippen molar-refractivity contribution in [2.75, 3.05) is 0 Å². The van der Waals surface area contributed by atoms with Crippen molar-refractivity contribution in [2.24, 2.45) is 5.41 Å². The van der Waals surface area contributed by atoms with Crippen LogP contribution in [0.25, 0.3) is 5.70 Å². The van der Waals surface area contributed by atoms with Crippen LogP contribution in [0.1, 0.15) is 25.0 Å². The summed E-state index contributed by atoms with van der Waals surface area (Å²) in [5.74, 6) is 0. The highest BCUT2D eigenvalue weighted by Gasteiger charge is 2.25. The van der Waals surface area contributed by atoms with E-state index in [2.05, 4.69) is 38.1 Å². The normalized spacial score (nSPS) is 16.6. The SMILES string of the molecule is CC1(C)C=C(n2ccccc2=O)c2ccccc2C1. The van der Waals surface area contributed by atoms with Gasteiger partial charge in [-0.1, -0.05) is 50.3 Å². The highest BCUT2D eigenvalue weighted by molar-refractivity contribution is 5.71. The van der Waals surface area contributed by atoms with Gasteiger partial charge in [0, 0.05) is 17.8 Å². The number of hydrogen-bond donors (Lipinski definition) is 0. The van der Waals surface area contributed by atoms with E-state index in [0.29, 0.717) is 0 Å². The highest BCUT2D eigenvalue weighted by atomic mass is 16.1. The van der Waals surface area contributed by atoms with E-state index < -0.39 is 0 Å². The summed E-state index contributed by atoms with van der Waals surface area (Å²) >= 11 is 0. The van der Waals surface area contributed by atoms with Gasteiger partial charge in [0.05, 0.1) is 5.70 Å². The summed E-state index contributed by atoms with van der Waals surface area (Å²) in [5.41, 5.74) is 3.55. The number of nitrogens with zero attached hydrogens (tertiary/aromatic N) is 1. The Morgan fingerprint density at radius 2 is 1.79 bits per heavy atom. The van der Waals surface area contributed by atoms with Gasteiger partial charge in [0.2, 0.25) is 0 Å². The van der Waals surface area contributed by atoms with Crippen molar-refractivity contribution in [3.63, 3.8) is 0 Å². The molecule has 0 saturated carbocycles. The Kier molecular flexibility index (Phi) is 2.67. The molecule has 0 amide bonds. The molecule has 19 heavy (non-hydrogen) atoms. The van der Waals surface area contributed by atoms with Crippen LogP contribution in [0, 0.1) is 5.41 Å². The van der Waals surface area contributed by atoms with E-state index in [1.807, 2.05) is 18.3 Å². The lowest BCUT2D eigenvalue weighted by Crippen LogP contribution is -2.25. The molecule has 0 spiro atoms. The van der Waals surface area contributed by atoms with E-state index in [1.165, 1.54) is 5.56 Å². The van der Waals surface area contributed by atoms with Crippen molar-refractivity contribution in [3.05, 3.63) is 76.2 Å². The maximum absolute atomic E-state index is 12.1. The minimum Gasteiger partial charge on any atom is -0.284 e. The molecule has 1 heterocycles. The fraction of sp³-hybridized carbons (Fsp3) is 0.235. The van der Waals surface area contributed by atoms with E-state index in [9.17, 15) is 4.79 Å². The Morgan fingerprint density at radius 3 is 2.58 bits per heavy atom. The maximum Gasteiger partial charge on any atom is 0.255 e. The van der Waals surface area contributed by atoms with Gasteiger partial charge in [-0.15, -0.1) is 0 Å². The van der Waals surface area contributed by atoms with E-state index in [4.69, 9.17) is 0 Å². The molecule has 0 atom stereocenters. The van der Waals surface area contributed by atoms with Crippen LogP contribution in [0.4, 0.5) is 0 Å². The van der Waals surface area contributed by atoms with Gasteiger partial charge in [0.1, 0.15) is 0 Å². The molecule has 0 saturated heterocycles. The van der Waals surface area contributed by atoms with Gasteiger partial charge in [-0.25, -0.2) is 0 Å². The lowest BCUT2D eigenvalue weighted by atomic mass is 9.78. The monoisotopic (exact) mass is 251 g/mol. The second-order valence-corrected chi connectivity index (χ2v) is 5.76. The predicted octanol–water partition coefficient (Wildman–Crippen LogP) is 3.32. The topological polar surface area (TPSA) is 22.0 Å². The van der Waals surface area contributed by atoms with Crippen LogP contribution >= 0.6 is 0 Å². The zero-order valence-electron chi connectivity index (χ0n) is 11.3. The van der Waals surface area contributed by atoms with Gasteiger partial charge in [-0.2, -0.15) is 0 Å². The van der Waals surface area contributed by atoms with Crippen LogP contribution in [-0.4, -0.2) is 4.57 Å². The molecule has 0 fully saturated rings. The van der Waals surface area contributed by atoms with Gasteiger partial charge >= 0.3 is 0 Å². The maximum atomic E-state index is 12.1. The van der Waals surface area contributed by atoms with Crippen LogP contribution in [0.5, 0.6) is 0 Å². The molecule has 0 bridgehead atoms. The predicted molar refractivity (Wildman–Crippen MR) is 78.0 cm³/mol. The van der Waals surface area contributed by atoms with Crippen LogP contribution in [0.3, 0.4) is 0 Å². The molecule has 2 nitrogen and oxygen atoms in total. The van der Waals surface area contributed by atoms with Crippen molar-refractivity contribution in [2.45, 2.75) is 20.3 Å². The van der Waals surface area contributed by atoms with Crippen LogP contribution in [-0.2, 0) is 6.42 Å². The van der Waals surface area contributed by atoms with Gasteiger partial charge in [0.25, 0.3) is 5.56 Å². The lowest BCUT2D eigenvalue weighted by molar-refractivity contribution is 0.470. The van der Waals surface area contributed by atoms with Gasteiger partial charge < -0.3 is 0 Å². The second kappa shape index (κ2) is 4.23. The van der Waals surface area contributed by atoms with Crippen molar-refractivity contribution in [1.29, 1.82) is 0 Å². The summed E-state index contributed by atoms with van der Waals surface area (Å²) in [7, 11) is 0. The zero-order chi connectivity index (χ0) is 13.5. The number of rotatable bonds is 1. The van der Waals surface area contributed by atoms with Crippen LogP contribution < -0.4 is 5.56 Å². The Bertz CT molecular complexity index is 707. The van der Waals surface area contributed by atoms with Gasteiger partial charge in [-0.3, -0.25) is 9.36 Å². The van der Waals surface area contributed by atoms with Crippen LogP contribution in [0.15, 0.2) is 59.5 Å². The van der Waals surface area contributed by atoms with E-state index in [1.54, 1.807) is 16.7 Å². The molecule has 96 valence electrons. The largest absolute Gasteiger partial charge is 0.284 e. The van der Waals surface area contributed by atoms with Crippen LogP contribution in [0.2, 0.25) is 0 Å². The molecule has 2 aromatic rings. The number of hydrogen-bond acceptors (Lipinski definition) is 1. The lowest BCUT2D eigenvalue weighted by Gasteiger charge is -2.30. The Hall–Kier alpha value is -2.09. The average Bonchev–Trinajstić information content (AvgIpc) is 2.37. The summed E-state index contributed by atoms with van der Waals surface area (Å²) in [5, 5.41) is 0. The summed E-state index contributed by atoms with van der Waals surface area (Å²) < 4.78 is 1.74. The molecule has 0 aliphatic heterocycles. The smallest absolute Gasteiger partial charge is 0.255 e. The molecule has 1 aromatic heterocycles. The molecular formula is C17H17NO. The Morgan fingerprint density at radius 1 is 1.05 bits per heavy atom. The molecule has 1 aliphatic rings. The number of allylic oxidation sites excluding steroid dienone is 1. The molecule has 1 aliphatic carbocycles. The molecule has 2 heteroatoms. The first kappa shape index (κ1) is 12.0. The Balaban J connectivity index is 2.27. The zero-order valence-corrected chi connectivity index (χ0v) is 11.3. The summed E-state index contributed by atoms with van der Waals surface area (Å²) in [6.45, 7) is 4.41.